The highest BCUT2D eigenvalue weighted by Crippen LogP contribution is 2.36. The number of rotatable bonds is 2. The summed E-state index contributed by atoms with van der Waals surface area (Å²) in [6.07, 6.45) is 4.89. The van der Waals surface area contributed by atoms with Gasteiger partial charge < -0.3 is 5.73 Å². The topological polar surface area (TPSA) is 74.0 Å². The van der Waals surface area contributed by atoms with Gasteiger partial charge in [0, 0.05) is 17.8 Å². The van der Waals surface area contributed by atoms with Gasteiger partial charge in [0.1, 0.15) is 17.3 Å². The van der Waals surface area contributed by atoms with Crippen molar-refractivity contribution in [3.63, 3.8) is 0 Å². The van der Waals surface area contributed by atoms with Crippen molar-refractivity contribution in [2.45, 2.75) is 25.8 Å². The molecule has 5 rings (SSSR count). The Balaban J connectivity index is 1.75. The van der Waals surface area contributed by atoms with Gasteiger partial charge in [-0.2, -0.15) is 10.2 Å². The van der Waals surface area contributed by atoms with Crippen molar-refractivity contribution < 1.29 is 4.39 Å². The van der Waals surface area contributed by atoms with Crippen molar-refractivity contribution >= 4 is 11.5 Å². The summed E-state index contributed by atoms with van der Waals surface area (Å²) < 4.78 is 17.1. The van der Waals surface area contributed by atoms with Gasteiger partial charge in [-0.15, -0.1) is 0 Å². The van der Waals surface area contributed by atoms with E-state index >= 15 is 0 Å². The first-order chi connectivity index (χ1) is 12.7. The Hall–Kier alpha value is -3.22. The quantitative estimate of drug-likeness (QED) is 0.603. The minimum absolute atomic E-state index is 0.257. The summed E-state index contributed by atoms with van der Waals surface area (Å²) in [5.41, 5.74) is 11.2. The van der Waals surface area contributed by atoms with E-state index in [1.807, 2.05) is 12.1 Å². The smallest absolute Gasteiger partial charge is 0.156 e. The van der Waals surface area contributed by atoms with Gasteiger partial charge in [0.05, 0.1) is 17.5 Å². The predicted octanol–water partition coefficient (Wildman–Crippen LogP) is 3.32. The molecule has 0 radical (unpaired) electrons. The molecule has 0 bridgehead atoms. The van der Waals surface area contributed by atoms with E-state index in [0.717, 1.165) is 48.3 Å². The van der Waals surface area contributed by atoms with Crippen LogP contribution in [0.1, 0.15) is 18.5 Å². The van der Waals surface area contributed by atoms with Crippen LogP contribution in [-0.4, -0.2) is 24.4 Å². The van der Waals surface area contributed by atoms with Crippen LogP contribution in [-0.2, 0) is 13.0 Å². The molecule has 0 amide bonds. The molecule has 6 nitrogen and oxygen atoms in total. The first-order valence-electron chi connectivity index (χ1n) is 8.67. The van der Waals surface area contributed by atoms with Crippen LogP contribution in [0, 0.1) is 5.82 Å². The van der Waals surface area contributed by atoms with Gasteiger partial charge in [0.2, 0.25) is 0 Å². The number of halogens is 1. The number of hydrogen-bond acceptors (Lipinski definition) is 4. The average Bonchev–Trinajstić information content (AvgIpc) is 3.21. The number of hydrogen-bond donors (Lipinski definition) is 1. The molecule has 130 valence electrons. The van der Waals surface area contributed by atoms with Crippen LogP contribution in [0.15, 0.2) is 42.6 Å². The Labute approximate surface area is 149 Å². The van der Waals surface area contributed by atoms with Crippen molar-refractivity contribution in [1.29, 1.82) is 0 Å². The summed E-state index contributed by atoms with van der Waals surface area (Å²) in [6, 6.07) is 10.3. The Bertz CT molecular complexity index is 1110. The number of nitrogens with two attached hydrogens (primary N) is 1. The lowest BCUT2D eigenvalue weighted by molar-refractivity contribution is 0.487. The maximum Gasteiger partial charge on any atom is 0.156 e. The second-order valence-corrected chi connectivity index (χ2v) is 6.54. The zero-order chi connectivity index (χ0) is 17.7. The summed E-state index contributed by atoms with van der Waals surface area (Å²) in [5, 5.41) is 9.51. The molecule has 26 heavy (non-hydrogen) atoms. The van der Waals surface area contributed by atoms with E-state index in [2.05, 4.69) is 9.67 Å². The summed E-state index contributed by atoms with van der Waals surface area (Å²) in [7, 11) is 0. The first-order valence-corrected chi connectivity index (χ1v) is 8.67. The summed E-state index contributed by atoms with van der Waals surface area (Å²) in [4.78, 5) is 4.23. The summed E-state index contributed by atoms with van der Waals surface area (Å²) >= 11 is 0. The lowest BCUT2D eigenvalue weighted by atomic mass is 9.99. The van der Waals surface area contributed by atoms with E-state index in [4.69, 9.17) is 15.9 Å². The minimum atomic E-state index is -0.257. The van der Waals surface area contributed by atoms with Crippen LogP contribution in [0.4, 0.5) is 10.2 Å². The molecule has 0 atom stereocenters. The molecular formula is C19H17FN6. The third-order valence-electron chi connectivity index (χ3n) is 4.80. The molecule has 0 saturated carbocycles. The molecule has 0 saturated heterocycles. The third kappa shape index (κ3) is 2.35. The third-order valence-corrected chi connectivity index (χ3v) is 4.80. The Morgan fingerprint density at radius 3 is 2.69 bits per heavy atom. The molecule has 3 aromatic heterocycles. The summed E-state index contributed by atoms with van der Waals surface area (Å²) in [5.74, 6) is 0.179. The van der Waals surface area contributed by atoms with Gasteiger partial charge in [0.25, 0.3) is 0 Å². The molecule has 0 spiro atoms. The molecule has 0 unspecified atom stereocenters. The van der Waals surface area contributed by atoms with Crippen molar-refractivity contribution in [2.75, 3.05) is 5.73 Å². The lowest BCUT2D eigenvalue weighted by Gasteiger charge is -2.14. The highest BCUT2D eigenvalue weighted by atomic mass is 19.1. The molecule has 0 aliphatic carbocycles. The number of aromatic nitrogens is 5. The number of aryl methyl sites for hydroxylation is 1. The molecule has 1 aliphatic heterocycles. The molecule has 1 aromatic carbocycles. The normalized spacial score (nSPS) is 13.9. The van der Waals surface area contributed by atoms with Gasteiger partial charge in [-0.25, -0.2) is 13.9 Å². The van der Waals surface area contributed by atoms with Gasteiger partial charge in [-0.05, 0) is 55.7 Å². The molecule has 4 heterocycles. The van der Waals surface area contributed by atoms with Gasteiger partial charge in [0.15, 0.2) is 5.65 Å². The average molecular weight is 348 g/mol. The number of nitrogen functional groups attached to an aromatic ring is 1. The van der Waals surface area contributed by atoms with Crippen LogP contribution >= 0.6 is 0 Å². The maximum atomic E-state index is 13.4. The minimum Gasteiger partial charge on any atom is -0.382 e. The number of fused-ring (bicyclic) bond motifs is 2. The zero-order valence-electron chi connectivity index (χ0n) is 14.1. The second-order valence-electron chi connectivity index (χ2n) is 6.54. The second kappa shape index (κ2) is 5.66. The van der Waals surface area contributed by atoms with E-state index in [1.54, 1.807) is 22.8 Å². The van der Waals surface area contributed by atoms with Gasteiger partial charge >= 0.3 is 0 Å². The van der Waals surface area contributed by atoms with Crippen molar-refractivity contribution in [1.82, 2.24) is 24.4 Å². The van der Waals surface area contributed by atoms with E-state index < -0.39 is 0 Å². The van der Waals surface area contributed by atoms with Crippen LogP contribution < -0.4 is 5.73 Å². The fourth-order valence-corrected chi connectivity index (χ4v) is 3.60. The van der Waals surface area contributed by atoms with Crippen molar-refractivity contribution in [3.05, 3.63) is 54.1 Å². The first kappa shape index (κ1) is 15.1. The molecule has 1 aliphatic rings. The maximum absolute atomic E-state index is 13.4. The predicted molar refractivity (Wildman–Crippen MR) is 97.0 cm³/mol. The number of imidazole rings is 1. The van der Waals surface area contributed by atoms with Crippen LogP contribution in [0.5, 0.6) is 0 Å². The largest absolute Gasteiger partial charge is 0.382 e. The number of benzene rings is 1. The lowest BCUT2D eigenvalue weighted by Crippen LogP contribution is -2.11. The molecule has 2 N–H and O–H groups in total. The number of anilines is 1. The zero-order valence-corrected chi connectivity index (χ0v) is 14.1. The molecular weight excluding hydrogens is 331 g/mol. The Morgan fingerprint density at radius 2 is 1.85 bits per heavy atom. The Kier molecular flexibility index (Phi) is 3.28. The van der Waals surface area contributed by atoms with E-state index in [0.29, 0.717) is 11.5 Å². The van der Waals surface area contributed by atoms with Crippen LogP contribution in [0.2, 0.25) is 0 Å². The summed E-state index contributed by atoms with van der Waals surface area (Å²) in [6.45, 7) is 0.893. The number of nitrogens with zero attached hydrogens (tertiary/aromatic N) is 5. The van der Waals surface area contributed by atoms with Crippen molar-refractivity contribution in [2.24, 2.45) is 0 Å². The molecule has 7 heteroatoms. The SMILES string of the molecule is Nc1cn2nc(-c3c(-c4ccc(F)cc4)nn4c3CCCC4)ccc2n1. The van der Waals surface area contributed by atoms with Gasteiger partial charge in [-0.3, -0.25) is 4.68 Å². The van der Waals surface area contributed by atoms with Crippen LogP contribution in [0.25, 0.3) is 28.2 Å². The van der Waals surface area contributed by atoms with Crippen LogP contribution in [0.3, 0.4) is 0 Å². The fourth-order valence-electron chi connectivity index (χ4n) is 3.60. The van der Waals surface area contributed by atoms with E-state index in [-0.39, 0.29) is 5.82 Å². The van der Waals surface area contributed by atoms with Gasteiger partial charge in [-0.1, -0.05) is 0 Å². The molecule has 4 aromatic rings. The Morgan fingerprint density at radius 1 is 1.00 bits per heavy atom. The van der Waals surface area contributed by atoms with E-state index in [1.165, 1.54) is 17.8 Å². The highest BCUT2D eigenvalue weighted by Gasteiger charge is 2.24. The van der Waals surface area contributed by atoms with Crippen molar-refractivity contribution in [3.8, 4) is 22.5 Å². The monoisotopic (exact) mass is 348 g/mol. The molecule has 0 fully saturated rings. The standard InChI is InChI=1S/C19H17FN6/c20-13-6-4-12(5-7-13)19-18(15-3-1-2-10-25(15)24-19)14-8-9-17-22-16(21)11-26(17)23-14/h4-9,11H,1-3,10,21H2. The fraction of sp³-hybridized carbons (Fsp3) is 0.211. The van der Waals surface area contributed by atoms with E-state index in [9.17, 15) is 4.39 Å². The highest BCUT2D eigenvalue weighted by molar-refractivity contribution is 5.81.